The molecule has 0 atom stereocenters. The number of benzene rings is 3. The van der Waals surface area contributed by atoms with Crippen LogP contribution in [0.3, 0.4) is 0 Å². The zero-order chi connectivity index (χ0) is 24.2. The fourth-order valence-electron chi connectivity index (χ4n) is 4.72. The smallest absolute Gasteiger partial charge is 0.201 e. The monoisotopic (exact) mass is 468 g/mol. The highest BCUT2D eigenvalue weighted by Gasteiger charge is 2.26. The summed E-state index contributed by atoms with van der Waals surface area (Å²) in [6.45, 7) is 2.05. The maximum absolute atomic E-state index is 15.0. The van der Waals surface area contributed by atoms with Gasteiger partial charge in [0.25, 0.3) is 0 Å². The number of aryl methyl sites for hydroxylation is 1. The minimum Gasteiger partial charge on any atom is -0.494 e. The fourth-order valence-corrected chi connectivity index (χ4v) is 4.72. The molecule has 0 amide bonds. The average molecular weight is 469 g/mol. The Bertz CT molecular complexity index is 1180. The van der Waals surface area contributed by atoms with Crippen molar-refractivity contribution in [1.29, 1.82) is 0 Å². The molecular formula is C29H28F4O. The highest BCUT2D eigenvalue weighted by molar-refractivity contribution is 5.65. The second-order valence-corrected chi connectivity index (χ2v) is 8.84. The molecule has 0 spiro atoms. The lowest BCUT2D eigenvalue weighted by atomic mass is 9.78. The van der Waals surface area contributed by atoms with Gasteiger partial charge in [-0.05, 0) is 72.8 Å². The van der Waals surface area contributed by atoms with Crippen LogP contribution in [-0.2, 0) is 6.42 Å². The average Bonchev–Trinajstić information content (AvgIpc) is 2.87. The van der Waals surface area contributed by atoms with E-state index in [1.54, 1.807) is 18.2 Å². The van der Waals surface area contributed by atoms with Crippen molar-refractivity contribution in [3.8, 4) is 16.9 Å². The van der Waals surface area contributed by atoms with Crippen LogP contribution < -0.4 is 4.74 Å². The van der Waals surface area contributed by atoms with E-state index in [9.17, 15) is 13.2 Å². The summed E-state index contributed by atoms with van der Waals surface area (Å²) in [5, 5.41) is 0. The summed E-state index contributed by atoms with van der Waals surface area (Å²) in [5.74, 6) is -3.54. The van der Waals surface area contributed by atoms with E-state index in [2.05, 4.69) is 0 Å². The first-order valence-electron chi connectivity index (χ1n) is 11.7. The van der Waals surface area contributed by atoms with E-state index < -0.39 is 23.3 Å². The third-order valence-electron chi connectivity index (χ3n) is 6.84. The van der Waals surface area contributed by atoms with Gasteiger partial charge in [-0.1, -0.05) is 55.5 Å². The quantitative estimate of drug-likeness (QED) is 0.330. The van der Waals surface area contributed by atoms with E-state index >= 15 is 4.39 Å². The van der Waals surface area contributed by atoms with Crippen LogP contribution in [0.2, 0.25) is 0 Å². The molecular weight excluding hydrogens is 440 g/mol. The van der Waals surface area contributed by atoms with Crippen LogP contribution in [0.15, 0.2) is 54.6 Å². The van der Waals surface area contributed by atoms with Crippen LogP contribution in [-0.4, -0.2) is 7.11 Å². The topological polar surface area (TPSA) is 9.23 Å². The van der Waals surface area contributed by atoms with Crippen LogP contribution in [0.25, 0.3) is 17.2 Å². The Hall–Kier alpha value is -3.08. The normalized spacial score (nSPS) is 18.4. The maximum Gasteiger partial charge on any atom is 0.201 e. The van der Waals surface area contributed by atoms with Crippen molar-refractivity contribution in [3.63, 3.8) is 0 Å². The van der Waals surface area contributed by atoms with Gasteiger partial charge in [0.1, 0.15) is 0 Å². The molecule has 0 radical (unpaired) electrons. The Morgan fingerprint density at radius 1 is 0.794 bits per heavy atom. The standard InChI is InChI=1S/C29H28F4O/c1-3-18-4-9-20(10-5-18)23-15-16-24(28(32)27(23)31)21-11-6-19(7-12-21)8-13-22-14-17-25(34-2)29(33)26(22)30/h4-5,8-10,13-17,19,21H,3,6-7,11-12H2,1-2H3. The lowest BCUT2D eigenvalue weighted by Gasteiger charge is -2.27. The van der Waals surface area contributed by atoms with Gasteiger partial charge in [0.05, 0.1) is 7.11 Å². The van der Waals surface area contributed by atoms with Gasteiger partial charge >= 0.3 is 0 Å². The van der Waals surface area contributed by atoms with Crippen LogP contribution >= 0.6 is 0 Å². The lowest BCUT2D eigenvalue weighted by Crippen LogP contribution is -2.13. The van der Waals surface area contributed by atoms with Crippen LogP contribution in [0.5, 0.6) is 5.75 Å². The van der Waals surface area contributed by atoms with Crippen molar-refractivity contribution in [3.05, 3.63) is 94.6 Å². The summed E-state index contributed by atoms with van der Waals surface area (Å²) >= 11 is 0. The van der Waals surface area contributed by atoms with Gasteiger partial charge in [-0.3, -0.25) is 0 Å². The number of methoxy groups -OCH3 is 1. The molecule has 4 rings (SSSR count). The van der Waals surface area contributed by atoms with E-state index in [1.165, 1.54) is 19.2 Å². The molecule has 0 aromatic heterocycles. The molecule has 3 aromatic carbocycles. The third-order valence-corrected chi connectivity index (χ3v) is 6.84. The predicted octanol–water partition coefficient (Wildman–Crippen LogP) is 8.47. The first kappa shape index (κ1) is 24.1. The molecule has 1 aliphatic rings. The van der Waals surface area contributed by atoms with Gasteiger partial charge in [-0.25, -0.2) is 13.2 Å². The van der Waals surface area contributed by atoms with Crippen LogP contribution in [0.1, 0.15) is 55.2 Å². The minimum absolute atomic E-state index is 0.0640. The minimum atomic E-state index is -1.00. The van der Waals surface area contributed by atoms with Gasteiger partial charge < -0.3 is 4.74 Å². The highest BCUT2D eigenvalue weighted by Crippen LogP contribution is 2.39. The molecule has 0 bridgehead atoms. The van der Waals surface area contributed by atoms with Crippen LogP contribution in [0, 0.1) is 29.2 Å². The Morgan fingerprint density at radius 3 is 2.15 bits per heavy atom. The van der Waals surface area contributed by atoms with E-state index in [0.29, 0.717) is 24.0 Å². The second-order valence-electron chi connectivity index (χ2n) is 8.84. The number of hydrogen-bond acceptors (Lipinski definition) is 1. The summed E-state index contributed by atoms with van der Waals surface area (Å²) in [6, 6.07) is 13.8. The molecule has 34 heavy (non-hydrogen) atoms. The van der Waals surface area contributed by atoms with Crippen molar-refractivity contribution >= 4 is 6.08 Å². The third kappa shape index (κ3) is 4.89. The van der Waals surface area contributed by atoms with Gasteiger partial charge in [0.2, 0.25) is 5.82 Å². The molecule has 1 aliphatic carbocycles. The van der Waals surface area contributed by atoms with Crippen molar-refractivity contribution < 1.29 is 22.3 Å². The largest absolute Gasteiger partial charge is 0.494 e. The summed E-state index contributed by atoms with van der Waals surface area (Å²) < 4.78 is 62.8. The Morgan fingerprint density at radius 2 is 1.50 bits per heavy atom. The van der Waals surface area contributed by atoms with Crippen molar-refractivity contribution in [1.82, 2.24) is 0 Å². The maximum atomic E-state index is 15.0. The number of ether oxygens (including phenoxy) is 1. The molecule has 3 aromatic rings. The van der Waals surface area contributed by atoms with Crippen molar-refractivity contribution in [2.45, 2.75) is 44.9 Å². The first-order valence-corrected chi connectivity index (χ1v) is 11.7. The van der Waals surface area contributed by atoms with Gasteiger partial charge in [-0.2, -0.15) is 4.39 Å². The number of allylic oxidation sites excluding steroid dienone is 1. The number of halogens is 4. The zero-order valence-electron chi connectivity index (χ0n) is 19.4. The Labute approximate surface area is 198 Å². The van der Waals surface area contributed by atoms with Gasteiger partial charge in [0.15, 0.2) is 23.2 Å². The van der Waals surface area contributed by atoms with E-state index in [1.807, 2.05) is 37.3 Å². The summed E-state index contributed by atoms with van der Waals surface area (Å²) in [7, 11) is 1.29. The molecule has 0 unspecified atom stereocenters. The Balaban J connectivity index is 1.43. The summed E-state index contributed by atoms with van der Waals surface area (Å²) in [4.78, 5) is 0. The zero-order valence-corrected chi connectivity index (χ0v) is 19.4. The van der Waals surface area contributed by atoms with Crippen LogP contribution in [0.4, 0.5) is 17.6 Å². The molecule has 0 N–H and O–H groups in total. The second kappa shape index (κ2) is 10.5. The van der Waals surface area contributed by atoms with E-state index in [0.717, 1.165) is 24.8 Å². The molecule has 1 saturated carbocycles. The summed E-state index contributed by atoms with van der Waals surface area (Å²) in [6.07, 6.45) is 7.29. The molecule has 0 saturated heterocycles. The molecule has 178 valence electrons. The summed E-state index contributed by atoms with van der Waals surface area (Å²) in [5.41, 5.74) is 2.66. The number of rotatable bonds is 6. The predicted molar refractivity (Wildman–Crippen MR) is 128 cm³/mol. The Kier molecular flexibility index (Phi) is 7.40. The lowest BCUT2D eigenvalue weighted by molar-refractivity contribution is 0.364. The number of hydrogen-bond donors (Lipinski definition) is 0. The van der Waals surface area contributed by atoms with E-state index in [-0.39, 0.29) is 28.7 Å². The van der Waals surface area contributed by atoms with Crippen molar-refractivity contribution in [2.24, 2.45) is 5.92 Å². The van der Waals surface area contributed by atoms with Crippen molar-refractivity contribution in [2.75, 3.05) is 7.11 Å². The molecule has 5 heteroatoms. The molecule has 1 nitrogen and oxygen atoms in total. The molecule has 0 heterocycles. The SMILES string of the molecule is CCc1ccc(-c2ccc(C3CCC(C=Cc4ccc(OC)c(F)c4F)CC3)c(F)c2F)cc1. The first-order chi connectivity index (χ1) is 16.4. The molecule has 1 fully saturated rings. The van der Waals surface area contributed by atoms with Gasteiger partial charge in [-0.15, -0.1) is 0 Å². The molecule has 0 aliphatic heterocycles. The van der Waals surface area contributed by atoms with E-state index in [4.69, 9.17) is 4.74 Å². The van der Waals surface area contributed by atoms with Gasteiger partial charge in [0, 0.05) is 11.1 Å². The highest BCUT2D eigenvalue weighted by atomic mass is 19.2. The fraction of sp³-hybridized carbons (Fsp3) is 0.310.